The van der Waals surface area contributed by atoms with Crippen molar-refractivity contribution in [1.29, 1.82) is 0 Å². The predicted octanol–water partition coefficient (Wildman–Crippen LogP) is 9.31. The minimum absolute atomic E-state index is 0.00631. The Morgan fingerprint density at radius 2 is 1.58 bits per heavy atom. The second kappa shape index (κ2) is 10.6. The van der Waals surface area contributed by atoms with Gasteiger partial charge in [0.15, 0.2) is 0 Å². The van der Waals surface area contributed by atoms with E-state index in [1.54, 1.807) is 0 Å². The van der Waals surface area contributed by atoms with E-state index in [9.17, 15) is 4.39 Å². The van der Waals surface area contributed by atoms with Gasteiger partial charge < -0.3 is 4.74 Å². The normalized spacial score (nSPS) is 34.5. The highest BCUT2D eigenvalue weighted by Gasteiger charge is 2.34. The number of hydrogen-bond acceptors (Lipinski definition) is 1. The summed E-state index contributed by atoms with van der Waals surface area (Å²) in [5, 5.41) is 0.256. The van der Waals surface area contributed by atoms with Gasteiger partial charge in [0.05, 0.1) is 11.6 Å². The molecule has 0 aromatic heterocycles. The highest BCUT2D eigenvalue weighted by Crippen LogP contribution is 2.47. The fourth-order valence-electron chi connectivity index (χ4n) is 7.21. The summed E-state index contributed by atoms with van der Waals surface area (Å²) < 4.78 is 20.3. The van der Waals surface area contributed by atoms with E-state index in [1.807, 2.05) is 12.1 Å². The Bertz CT molecular complexity index is 856. The number of ether oxygens (including phenoxy) is 1. The zero-order valence-electron chi connectivity index (χ0n) is 20.0. The first-order chi connectivity index (χ1) is 16.1. The molecule has 2 unspecified atom stereocenters. The third-order valence-electron chi connectivity index (χ3n) is 9.41. The zero-order valence-corrected chi connectivity index (χ0v) is 20.8. The molecule has 2 atom stereocenters. The molecular weight excluding hydrogens is 431 g/mol. The average molecular weight is 471 g/mol. The van der Waals surface area contributed by atoms with Gasteiger partial charge in [-0.25, -0.2) is 4.39 Å². The average Bonchev–Trinajstić information content (AvgIpc) is 3.70. The molecule has 0 radical (unpaired) electrons. The molecule has 1 heterocycles. The van der Waals surface area contributed by atoms with Gasteiger partial charge in [-0.3, -0.25) is 0 Å². The topological polar surface area (TPSA) is 12.5 Å². The maximum atomic E-state index is 15.0. The third kappa shape index (κ3) is 5.43. The molecule has 1 aliphatic heterocycles. The molecule has 0 bridgehead atoms. The van der Waals surface area contributed by atoms with Gasteiger partial charge in [0.25, 0.3) is 0 Å². The number of epoxide rings is 1. The van der Waals surface area contributed by atoms with E-state index < -0.39 is 0 Å². The molecule has 1 nitrogen and oxygen atoms in total. The maximum Gasteiger partial charge on any atom is 0.149 e. The second-order valence-corrected chi connectivity index (χ2v) is 11.6. The summed E-state index contributed by atoms with van der Waals surface area (Å²) in [6.45, 7) is 4.54. The highest BCUT2D eigenvalue weighted by molar-refractivity contribution is 6.31. The monoisotopic (exact) mass is 470 g/mol. The van der Waals surface area contributed by atoms with E-state index in [2.05, 4.69) is 18.7 Å². The van der Waals surface area contributed by atoms with Crippen molar-refractivity contribution < 1.29 is 9.13 Å². The fourth-order valence-corrected chi connectivity index (χ4v) is 7.49. The zero-order chi connectivity index (χ0) is 22.8. The summed E-state index contributed by atoms with van der Waals surface area (Å²) in [4.78, 5) is 0. The largest absolute Gasteiger partial charge is 0.368 e. The van der Waals surface area contributed by atoms with Gasteiger partial charge in [0.2, 0.25) is 0 Å². The van der Waals surface area contributed by atoms with E-state index in [1.165, 1.54) is 70.6 Å². The lowest BCUT2D eigenvalue weighted by atomic mass is 9.65. The lowest BCUT2D eigenvalue weighted by Crippen LogP contribution is -2.28. The predicted molar refractivity (Wildman–Crippen MR) is 136 cm³/mol. The Labute approximate surface area is 204 Å². The standard InChI is InChI=1S/C30H40ClFO/c1-2-3-4-20-5-7-21(8-6-20)22-9-11-23(12-10-22)24-13-15-25(16-14-24)26-17-18-27(28-19-33-28)29(31)30(26)32/h2,15,17-18,20-24,28H,1,3-14,16,19H2. The number of halogens is 2. The van der Waals surface area contributed by atoms with Gasteiger partial charge in [-0.15, -0.1) is 6.58 Å². The lowest BCUT2D eigenvalue weighted by molar-refractivity contribution is 0.121. The first-order valence-electron chi connectivity index (χ1n) is 13.5. The van der Waals surface area contributed by atoms with Crippen LogP contribution in [-0.4, -0.2) is 6.61 Å². The minimum atomic E-state index is -0.255. The maximum absolute atomic E-state index is 15.0. The summed E-state index contributed by atoms with van der Waals surface area (Å²) >= 11 is 6.32. The Kier molecular flexibility index (Phi) is 7.62. The quantitative estimate of drug-likeness (QED) is 0.285. The number of allylic oxidation sites excluding steroid dienone is 3. The third-order valence-corrected chi connectivity index (χ3v) is 9.79. The Morgan fingerprint density at radius 3 is 2.15 bits per heavy atom. The van der Waals surface area contributed by atoms with Crippen LogP contribution in [0.4, 0.5) is 4.39 Å². The van der Waals surface area contributed by atoms with Crippen molar-refractivity contribution in [2.24, 2.45) is 29.6 Å². The van der Waals surface area contributed by atoms with E-state index in [0.717, 1.165) is 53.6 Å². The van der Waals surface area contributed by atoms with Crippen molar-refractivity contribution in [1.82, 2.24) is 0 Å². The van der Waals surface area contributed by atoms with Gasteiger partial charge in [0.1, 0.15) is 11.9 Å². The van der Waals surface area contributed by atoms with Crippen LogP contribution in [0.2, 0.25) is 5.02 Å². The molecule has 5 rings (SSSR count). The van der Waals surface area contributed by atoms with Crippen molar-refractivity contribution in [2.45, 2.75) is 89.6 Å². The molecule has 0 amide bonds. The van der Waals surface area contributed by atoms with Crippen molar-refractivity contribution in [3.8, 4) is 0 Å². The second-order valence-electron chi connectivity index (χ2n) is 11.2. The molecule has 0 N–H and O–H groups in total. The Morgan fingerprint density at radius 1 is 0.939 bits per heavy atom. The summed E-state index contributed by atoms with van der Waals surface area (Å²) in [6, 6.07) is 3.88. The van der Waals surface area contributed by atoms with E-state index in [4.69, 9.17) is 16.3 Å². The van der Waals surface area contributed by atoms with Crippen LogP contribution in [0.25, 0.3) is 5.57 Å². The molecule has 1 aromatic rings. The molecular formula is C30H40ClFO. The molecule has 4 aliphatic rings. The highest BCUT2D eigenvalue weighted by atomic mass is 35.5. The molecule has 0 spiro atoms. The number of rotatable bonds is 7. The van der Waals surface area contributed by atoms with Gasteiger partial charge >= 0.3 is 0 Å². The van der Waals surface area contributed by atoms with Gasteiger partial charge in [-0.2, -0.15) is 0 Å². The fraction of sp³-hybridized carbons (Fsp3) is 0.667. The molecule has 1 aromatic carbocycles. The minimum Gasteiger partial charge on any atom is -0.368 e. The summed E-state index contributed by atoms with van der Waals surface area (Å²) in [7, 11) is 0. The molecule has 2 saturated carbocycles. The van der Waals surface area contributed by atoms with Crippen LogP contribution >= 0.6 is 11.6 Å². The van der Waals surface area contributed by atoms with Crippen LogP contribution in [0, 0.1) is 35.4 Å². The molecule has 180 valence electrons. The van der Waals surface area contributed by atoms with Crippen LogP contribution in [0.5, 0.6) is 0 Å². The molecule has 3 heteroatoms. The summed E-state index contributed by atoms with van der Waals surface area (Å²) in [5.41, 5.74) is 2.65. The van der Waals surface area contributed by atoms with E-state index in [0.29, 0.717) is 12.2 Å². The van der Waals surface area contributed by atoms with Crippen LogP contribution in [0.1, 0.15) is 101 Å². The smallest absolute Gasteiger partial charge is 0.149 e. The van der Waals surface area contributed by atoms with E-state index in [-0.39, 0.29) is 16.9 Å². The van der Waals surface area contributed by atoms with Gasteiger partial charge in [-0.1, -0.05) is 48.7 Å². The summed E-state index contributed by atoms with van der Waals surface area (Å²) in [5.74, 6) is 4.31. The van der Waals surface area contributed by atoms with Crippen molar-refractivity contribution in [3.05, 3.63) is 52.8 Å². The number of hydrogen-bond donors (Lipinski definition) is 0. The molecule has 3 aliphatic carbocycles. The molecule has 33 heavy (non-hydrogen) atoms. The molecule has 3 fully saturated rings. The lowest BCUT2D eigenvalue weighted by Gasteiger charge is -2.40. The van der Waals surface area contributed by atoms with Crippen LogP contribution < -0.4 is 0 Å². The van der Waals surface area contributed by atoms with E-state index >= 15 is 0 Å². The van der Waals surface area contributed by atoms with Crippen LogP contribution in [0.15, 0.2) is 30.9 Å². The molecule has 1 saturated heterocycles. The van der Waals surface area contributed by atoms with Crippen LogP contribution in [0.3, 0.4) is 0 Å². The Hall–Kier alpha value is -1.12. The SMILES string of the molecule is C=CCCC1CCC(C2CCC(C3CC=C(c4ccc(C5CO5)c(Cl)c4F)CC3)CC2)CC1. The summed E-state index contributed by atoms with van der Waals surface area (Å²) in [6.07, 6.45) is 21.7. The van der Waals surface area contributed by atoms with Crippen molar-refractivity contribution in [2.75, 3.05) is 6.61 Å². The van der Waals surface area contributed by atoms with Crippen molar-refractivity contribution in [3.63, 3.8) is 0 Å². The first kappa shape index (κ1) is 23.6. The number of benzene rings is 1. The van der Waals surface area contributed by atoms with Gasteiger partial charge in [0, 0.05) is 11.1 Å². The first-order valence-corrected chi connectivity index (χ1v) is 13.9. The van der Waals surface area contributed by atoms with Crippen LogP contribution in [-0.2, 0) is 4.74 Å². The Balaban J connectivity index is 1.11. The van der Waals surface area contributed by atoms with Gasteiger partial charge in [-0.05, 0) is 106 Å². The van der Waals surface area contributed by atoms with Crippen molar-refractivity contribution >= 4 is 17.2 Å².